The van der Waals surface area contributed by atoms with Gasteiger partial charge in [-0.2, -0.15) is 0 Å². The molecule has 15 heavy (non-hydrogen) atoms. The minimum absolute atomic E-state index is 0.427. The summed E-state index contributed by atoms with van der Waals surface area (Å²) in [4.78, 5) is 6.82. The first-order chi connectivity index (χ1) is 7.31. The molecule has 1 heterocycles. The molecule has 0 bridgehead atoms. The Morgan fingerprint density at radius 1 is 1.47 bits per heavy atom. The van der Waals surface area contributed by atoms with Gasteiger partial charge in [-0.25, -0.2) is 4.98 Å². The van der Waals surface area contributed by atoms with Crippen LogP contribution >= 0.6 is 11.3 Å². The molecule has 1 saturated carbocycles. The van der Waals surface area contributed by atoms with E-state index in [0.29, 0.717) is 12.1 Å². The standard InChI is InChI=1S/C11H19N3S/c1-2-14(11-13-7-8-15-11)10-5-3-9(12)4-6-10/h7-10H,2-6,12H2,1H3. The zero-order chi connectivity index (χ0) is 10.7. The average Bonchev–Trinajstić information content (AvgIpc) is 2.75. The maximum Gasteiger partial charge on any atom is 0.185 e. The first-order valence-corrected chi connectivity index (χ1v) is 6.61. The predicted octanol–water partition coefficient (Wildman–Crippen LogP) is 2.24. The fraction of sp³-hybridized carbons (Fsp3) is 0.727. The third-order valence-electron chi connectivity index (χ3n) is 3.19. The second-order valence-electron chi connectivity index (χ2n) is 4.17. The van der Waals surface area contributed by atoms with Gasteiger partial charge < -0.3 is 10.6 Å². The summed E-state index contributed by atoms with van der Waals surface area (Å²) in [6.45, 7) is 3.25. The lowest BCUT2D eigenvalue weighted by molar-refractivity contribution is 0.378. The molecule has 0 aromatic carbocycles. The number of hydrogen-bond acceptors (Lipinski definition) is 4. The van der Waals surface area contributed by atoms with Gasteiger partial charge in [0.15, 0.2) is 5.13 Å². The van der Waals surface area contributed by atoms with Gasteiger partial charge >= 0.3 is 0 Å². The van der Waals surface area contributed by atoms with Gasteiger partial charge in [0, 0.05) is 30.2 Å². The number of aromatic nitrogens is 1. The highest BCUT2D eigenvalue weighted by molar-refractivity contribution is 7.13. The second kappa shape index (κ2) is 4.94. The van der Waals surface area contributed by atoms with Crippen molar-refractivity contribution >= 4 is 16.5 Å². The van der Waals surface area contributed by atoms with Crippen LogP contribution in [0.5, 0.6) is 0 Å². The molecule has 0 saturated heterocycles. The maximum atomic E-state index is 5.93. The van der Waals surface area contributed by atoms with E-state index >= 15 is 0 Å². The van der Waals surface area contributed by atoms with Gasteiger partial charge in [0.2, 0.25) is 0 Å². The molecule has 2 N–H and O–H groups in total. The smallest absolute Gasteiger partial charge is 0.185 e. The summed E-state index contributed by atoms with van der Waals surface area (Å²) in [6.07, 6.45) is 6.64. The number of nitrogens with zero attached hydrogens (tertiary/aromatic N) is 2. The Morgan fingerprint density at radius 3 is 2.73 bits per heavy atom. The lowest BCUT2D eigenvalue weighted by atomic mass is 9.91. The molecular formula is C11H19N3S. The monoisotopic (exact) mass is 225 g/mol. The van der Waals surface area contributed by atoms with Gasteiger partial charge in [-0.3, -0.25) is 0 Å². The van der Waals surface area contributed by atoms with E-state index in [9.17, 15) is 0 Å². The van der Waals surface area contributed by atoms with Crippen molar-refractivity contribution in [1.29, 1.82) is 0 Å². The fourth-order valence-electron chi connectivity index (χ4n) is 2.32. The Hall–Kier alpha value is -0.610. The molecular weight excluding hydrogens is 206 g/mol. The Bertz CT molecular complexity index is 278. The molecule has 0 radical (unpaired) electrons. The van der Waals surface area contributed by atoms with Crippen LogP contribution in [0, 0.1) is 0 Å². The first kappa shape index (κ1) is 10.9. The molecule has 1 aromatic rings. The van der Waals surface area contributed by atoms with Crippen LogP contribution in [0.3, 0.4) is 0 Å². The van der Waals surface area contributed by atoms with E-state index in [2.05, 4.69) is 16.8 Å². The summed E-state index contributed by atoms with van der Waals surface area (Å²) in [5.74, 6) is 0. The Kier molecular flexibility index (Phi) is 3.59. The van der Waals surface area contributed by atoms with Gasteiger partial charge in [0.25, 0.3) is 0 Å². The lowest BCUT2D eigenvalue weighted by Gasteiger charge is -2.35. The molecule has 1 aliphatic carbocycles. The zero-order valence-corrected chi connectivity index (χ0v) is 10.0. The molecule has 0 aliphatic heterocycles. The van der Waals surface area contributed by atoms with Crippen LogP contribution in [0.2, 0.25) is 0 Å². The van der Waals surface area contributed by atoms with Crippen molar-refractivity contribution < 1.29 is 0 Å². The highest BCUT2D eigenvalue weighted by Crippen LogP contribution is 2.27. The molecule has 1 aromatic heterocycles. The third-order valence-corrected chi connectivity index (χ3v) is 4.00. The van der Waals surface area contributed by atoms with Crippen molar-refractivity contribution in [3.8, 4) is 0 Å². The summed E-state index contributed by atoms with van der Waals surface area (Å²) >= 11 is 1.73. The summed E-state index contributed by atoms with van der Waals surface area (Å²) < 4.78 is 0. The highest BCUT2D eigenvalue weighted by Gasteiger charge is 2.24. The maximum absolute atomic E-state index is 5.93. The van der Waals surface area contributed by atoms with Crippen LogP contribution in [0.25, 0.3) is 0 Å². The van der Waals surface area contributed by atoms with Crippen LogP contribution in [-0.2, 0) is 0 Å². The molecule has 0 atom stereocenters. The SMILES string of the molecule is CCN(c1nccs1)C1CCC(N)CC1. The number of hydrogen-bond donors (Lipinski definition) is 1. The van der Waals surface area contributed by atoms with Gasteiger partial charge in [0.1, 0.15) is 0 Å². The van der Waals surface area contributed by atoms with Crippen molar-refractivity contribution in [2.75, 3.05) is 11.4 Å². The number of rotatable bonds is 3. The van der Waals surface area contributed by atoms with E-state index in [-0.39, 0.29) is 0 Å². The van der Waals surface area contributed by atoms with Crippen LogP contribution in [-0.4, -0.2) is 23.6 Å². The van der Waals surface area contributed by atoms with Crippen molar-refractivity contribution in [1.82, 2.24) is 4.98 Å². The molecule has 0 amide bonds. The van der Waals surface area contributed by atoms with Crippen molar-refractivity contribution in [2.24, 2.45) is 5.73 Å². The largest absolute Gasteiger partial charge is 0.345 e. The van der Waals surface area contributed by atoms with Gasteiger partial charge in [0.05, 0.1) is 0 Å². The van der Waals surface area contributed by atoms with Crippen LogP contribution in [0.15, 0.2) is 11.6 Å². The van der Waals surface area contributed by atoms with E-state index in [4.69, 9.17) is 5.73 Å². The highest BCUT2D eigenvalue weighted by atomic mass is 32.1. The minimum atomic E-state index is 0.427. The topological polar surface area (TPSA) is 42.2 Å². The van der Waals surface area contributed by atoms with E-state index < -0.39 is 0 Å². The molecule has 0 unspecified atom stereocenters. The number of thiazole rings is 1. The third kappa shape index (κ3) is 2.49. The Morgan fingerprint density at radius 2 is 2.20 bits per heavy atom. The van der Waals surface area contributed by atoms with Crippen molar-refractivity contribution in [3.63, 3.8) is 0 Å². The van der Waals surface area contributed by atoms with E-state index in [0.717, 1.165) is 24.5 Å². The van der Waals surface area contributed by atoms with E-state index in [1.807, 2.05) is 11.6 Å². The summed E-state index contributed by atoms with van der Waals surface area (Å²) in [5.41, 5.74) is 5.93. The van der Waals surface area contributed by atoms with E-state index in [1.165, 1.54) is 12.8 Å². The van der Waals surface area contributed by atoms with Crippen molar-refractivity contribution in [3.05, 3.63) is 11.6 Å². The Balaban J connectivity index is 2.01. The zero-order valence-electron chi connectivity index (χ0n) is 9.22. The first-order valence-electron chi connectivity index (χ1n) is 5.73. The summed E-state index contributed by atoms with van der Waals surface area (Å²) in [7, 11) is 0. The van der Waals surface area contributed by atoms with Gasteiger partial charge in [-0.05, 0) is 32.6 Å². The predicted molar refractivity (Wildman–Crippen MR) is 65.4 cm³/mol. The number of anilines is 1. The molecule has 4 heteroatoms. The lowest BCUT2D eigenvalue weighted by Crippen LogP contribution is -2.40. The van der Waals surface area contributed by atoms with Crippen LogP contribution < -0.4 is 10.6 Å². The molecule has 84 valence electrons. The fourth-order valence-corrected chi connectivity index (χ4v) is 3.10. The van der Waals surface area contributed by atoms with Crippen LogP contribution in [0.1, 0.15) is 32.6 Å². The molecule has 1 aliphatic rings. The molecule has 1 fully saturated rings. The van der Waals surface area contributed by atoms with Gasteiger partial charge in [-0.1, -0.05) is 0 Å². The molecule has 3 nitrogen and oxygen atoms in total. The second-order valence-corrected chi connectivity index (χ2v) is 5.04. The molecule has 0 spiro atoms. The normalized spacial score (nSPS) is 26.5. The van der Waals surface area contributed by atoms with Crippen LogP contribution in [0.4, 0.5) is 5.13 Å². The summed E-state index contributed by atoms with van der Waals surface area (Å²) in [6, 6.07) is 1.08. The Labute approximate surface area is 95.3 Å². The van der Waals surface area contributed by atoms with Crippen molar-refractivity contribution in [2.45, 2.75) is 44.7 Å². The number of nitrogens with two attached hydrogens (primary N) is 1. The molecule has 2 rings (SSSR count). The van der Waals surface area contributed by atoms with Gasteiger partial charge in [-0.15, -0.1) is 11.3 Å². The average molecular weight is 225 g/mol. The summed E-state index contributed by atoms with van der Waals surface area (Å²) in [5, 5.41) is 3.21. The quantitative estimate of drug-likeness (QED) is 0.858. The van der Waals surface area contributed by atoms with E-state index in [1.54, 1.807) is 11.3 Å². The minimum Gasteiger partial charge on any atom is -0.345 e.